The lowest BCUT2D eigenvalue weighted by Crippen LogP contribution is -2.37. The number of anilines is 1. The van der Waals surface area contributed by atoms with Gasteiger partial charge in [-0.3, -0.25) is 14.4 Å². The van der Waals surface area contributed by atoms with Gasteiger partial charge in [-0.25, -0.2) is 13.4 Å². The summed E-state index contributed by atoms with van der Waals surface area (Å²) in [5.41, 5.74) is 2.77. The Kier molecular flexibility index (Phi) is 4.67. The third kappa shape index (κ3) is 3.19. The lowest BCUT2D eigenvalue weighted by Gasteiger charge is -2.29. The summed E-state index contributed by atoms with van der Waals surface area (Å²) in [7, 11) is -1.14. The summed E-state index contributed by atoms with van der Waals surface area (Å²) in [5.74, 6) is -0.432. The zero-order valence-corrected chi connectivity index (χ0v) is 17.5. The summed E-state index contributed by atoms with van der Waals surface area (Å²) >= 11 is 1.25. The minimum absolute atomic E-state index is 0.0922. The van der Waals surface area contributed by atoms with Gasteiger partial charge >= 0.3 is 0 Å². The predicted octanol–water partition coefficient (Wildman–Crippen LogP) is 3.03. The maximum atomic E-state index is 13.0. The fraction of sp³-hybridized carbons (Fsp3) is 0.158. The predicted molar refractivity (Wildman–Crippen MR) is 111 cm³/mol. The highest BCUT2D eigenvalue weighted by atomic mass is 32.2. The van der Waals surface area contributed by atoms with Crippen LogP contribution in [0.3, 0.4) is 0 Å². The van der Waals surface area contributed by atoms with E-state index in [4.69, 9.17) is 4.74 Å². The van der Waals surface area contributed by atoms with Gasteiger partial charge in [-0.1, -0.05) is 12.1 Å². The van der Waals surface area contributed by atoms with E-state index >= 15 is 0 Å². The normalized spacial score (nSPS) is 15.2. The number of carbonyl (C=O) groups excluding carboxylic acids is 1. The number of ether oxygens (including phenoxy) is 1. The van der Waals surface area contributed by atoms with Crippen molar-refractivity contribution in [2.75, 3.05) is 19.5 Å². The minimum Gasteiger partial charge on any atom is -0.494 e. The fourth-order valence-corrected chi connectivity index (χ4v) is 5.23. The number of methoxy groups -OCH3 is 1. The number of likely N-dealkylation sites (N-methyl/N-ethyl adjacent to an activating group) is 1. The summed E-state index contributed by atoms with van der Waals surface area (Å²) in [5, 5.41) is 4.84. The number of carbonyl (C=O) groups is 1. The van der Waals surface area contributed by atoms with Crippen LogP contribution in [0.2, 0.25) is 0 Å². The maximum absolute atomic E-state index is 13.0. The van der Waals surface area contributed by atoms with E-state index in [1.807, 2.05) is 24.4 Å². The Morgan fingerprint density at radius 3 is 2.69 bits per heavy atom. The Morgan fingerprint density at radius 1 is 1.24 bits per heavy atom. The maximum Gasteiger partial charge on any atom is 0.278 e. The standard InChI is InChI=1S/C19H18N4O4S2/c1-11-8-9-13(20-11)14-10-28-19(21-14)22-18(24)16-17(27-3)12-6-4-5-7-15(12)29(25,26)23(16)2/h4-10,20H,1-3H3,(H,21,22,24). The lowest BCUT2D eigenvalue weighted by atomic mass is 10.1. The van der Waals surface area contributed by atoms with Gasteiger partial charge in [0.1, 0.15) is 0 Å². The van der Waals surface area contributed by atoms with E-state index in [2.05, 4.69) is 15.3 Å². The van der Waals surface area contributed by atoms with E-state index in [1.54, 1.807) is 18.2 Å². The smallest absolute Gasteiger partial charge is 0.278 e. The van der Waals surface area contributed by atoms with E-state index in [9.17, 15) is 13.2 Å². The monoisotopic (exact) mass is 430 g/mol. The molecule has 0 saturated carbocycles. The summed E-state index contributed by atoms with van der Waals surface area (Å²) < 4.78 is 32.1. The minimum atomic E-state index is -3.87. The number of hydrogen-bond acceptors (Lipinski definition) is 6. The van der Waals surface area contributed by atoms with Crippen molar-refractivity contribution in [2.45, 2.75) is 11.8 Å². The average Bonchev–Trinajstić information content (AvgIpc) is 3.33. The van der Waals surface area contributed by atoms with Crippen molar-refractivity contribution in [3.8, 4) is 11.4 Å². The number of aromatic amines is 1. The Bertz CT molecular complexity index is 1240. The number of aryl methyl sites for hydroxylation is 1. The molecule has 0 aliphatic carbocycles. The number of amides is 1. The molecule has 3 heterocycles. The van der Waals surface area contributed by atoms with Crippen LogP contribution in [-0.4, -0.2) is 42.8 Å². The van der Waals surface area contributed by atoms with Gasteiger partial charge in [0.2, 0.25) is 0 Å². The molecule has 0 saturated heterocycles. The Hall–Kier alpha value is -3.11. The van der Waals surface area contributed by atoms with Gasteiger partial charge in [0, 0.05) is 23.7 Å². The molecule has 0 fully saturated rings. The number of nitrogens with one attached hydrogen (secondary N) is 2. The highest BCUT2D eigenvalue weighted by molar-refractivity contribution is 7.89. The molecular weight excluding hydrogens is 412 g/mol. The first kappa shape index (κ1) is 19.2. The second kappa shape index (κ2) is 7.05. The molecule has 0 unspecified atom stereocenters. The van der Waals surface area contributed by atoms with E-state index in [0.29, 0.717) is 16.4 Å². The molecule has 0 radical (unpaired) electrons. The van der Waals surface area contributed by atoms with Crippen molar-refractivity contribution in [1.82, 2.24) is 14.3 Å². The van der Waals surface area contributed by atoms with Crippen LogP contribution in [-0.2, 0) is 19.6 Å². The molecular formula is C19H18N4O4S2. The van der Waals surface area contributed by atoms with Gasteiger partial charge < -0.3 is 9.72 Å². The third-order valence-corrected chi connectivity index (χ3v) is 7.12. The molecule has 1 aromatic carbocycles. The molecule has 3 aromatic rings. The number of fused-ring (bicyclic) bond motifs is 1. The SMILES string of the molecule is COC1=C(C(=O)Nc2nc(-c3ccc(C)[nH]3)cs2)N(C)S(=O)(=O)c2ccccc21. The first-order valence-electron chi connectivity index (χ1n) is 8.62. The van der Waals surface area contributed by atoms with Crippen molar-refractivity contribution in [3.63, 3.8) is 0 Å². The van der Waals surface area contributed by atoms with Crippen molar-refractivity contribution in [1.29, 1.82) is 0 Å². The van der Waals surface area contributed by atoms with E-state index in [-0.39, 0.29) is 16.4 Å². The van der Waals surface area contributed by atoms with Crippen molar-refractivity contribution >= 4 is 38.2 Å². The Morgan fingerprint density at radius 2 is 2.00 bits per heavy atom. The summed E-state index contributed by atoms with van der Waals surface area (Å²) in [6, 6.07) is 10.3. The van der Waals surface area contributed by atoms with Crippen LogP contribution in [0.4, 0.5) is 5.13 Å². The van der Waals surface area contributed by atoms with Crippen LogP contribution in [0.5, 0.6) is 0 Å². The topological polar surface area (TPSA) is 104 Å². The van der Waals surface area contributed by atoms with Gasteiger partial charge in [0.05, 0.1) is 23.4 Å². The highest BCUT2D eigenvalue weighted by Gasteiger charge is 2.38. The number of benzene rings is 1. The summed E-state index contributed by atoms with van der Waals surface area (Å²) in [4.78, 5) is 20.7. The molecule has 29 heavy (non-hydrogen) atoms. The molecule has 8 nitrogen and oxygen atoms in total. The molecule has 1 aliphatic heterocycles. The van der Waals surface area contributed by atoms with Crippen LogP contribution in [0, 0.1) is 6.92 Å². The largest absolute Gasteiger partial charge is 0.494 e. The molecule has 0 bridgehead atoms. The molecule has 10 heteroatoms. The first-order valence-corrected chi connectivity index (χ1v) is 10.9. The first-order chi connectivity index (χ1) is 13.8. The zero-order valence-electron chi connectivity index (χ0n) is 15.9. The van der Waals surface area contributed by atoms with Crippen LogP contribution < -0.4 is 5.32 Å². The van der Waals surface area contributed by atoms with Crippen molar-refractivity contribution in [3.05, 3.63) is 58.7 Å². The molecule has 0 spiro atoms. The number of sulfonamides is 1. The average molecular weight is 431 g/mol. The number of aromatic nitrogens is 2. The van der Waals surface area contributed by atoms with Gasteiger partial charge in [-0.05, 0) is 31.2 Å². The number of hydrogen-bond donors (Lipinski definition) is 2. The Labute approximate surface area is 171 Å². The summed E-state index contributed by atoms with van der Waals surface area (Å²) in [6.07, 6.45) is 0. The van der Waals surface area contributed by atoms with Gasteiger partial charge in [0.25, 0.3) is 15.9 Å². The van der Waals surface area contributed by atoms with Gasteiger partial charge in [-0.2, -0.15) is 0 Å². The Balaban J connectivity index is 1.71. The van der Waals surface area contributed by atoms with Crippen LogP contribution in [0.15, 0.2) is 52.4 Å². The van der Waals surface area contributed by atoms with Crippen LogP contribution in [0.25, 0.3) is 17.1 Å². The number of nitrogens with zero attached hydrogens (tertiary/aromatic N) is 2. The molecule has 0 atom stereocenters. The molecule has 2 aromatic heterocycles. The second-order valence-corrected chi connectivity index (χ2v) is 9.19. The lowest BCUT2D eigenvalue weighted by molar-refractivity contribution is -0.113. The molecule has 4 rings (SSSR count). The van der Waals surface area contributed by atoms with E-state index < -0.39 is 15.9 Å². The number of H-pyrrole nitrogens is 1. The van der Waals surface area contributed by atoms with Crippen LogP contribution in [0.1, 0.15) is 11.3 Å². The fourth-order valence-electron chi connectivity index (χ4n) is 3.13. The van der Waals surface area contributed by atoms with Crippen LogP contribution >= 0.6 is 11.3 Å². The van der Waals surface area contributed by atoms with Gasteiger partial charge in [0.15, 0.2) is 16.6 Å². The number of thiazole rings is 1. The number of rotatable bonds is 4. The summed E-state index contributed by atoms with van der Waals surface area (Å²) in [6.45, 7) is 1.94. The quantitative estimate of drug-likeness (QED) is 0.662. The highest BCUT2D eigenvalue weighted by Crippen LogP contribution is 2.36. The van der Waals surface area contributed by atoms with E-state index in [1.165, 1.54) is 31.6 Å². The molecule has 1 amide bonds. The van der Waals surface area contributed by atoms with Crippen molar-refractivity contribution < 1.29 is 17.9 Å². The third-order valence-electron chi connectivity index (χ3n) is 4.55. The molecule has 150 valence electrons. The molecule has 1 aliphatic rings. The second-order valence-electron chi connectivity index (χ2n) is 6.40. The van der Waals surface area contributed by atoms with E-state index in [0.717, 1.165) is 15.7 Å². The molecule has 2 N–H and O–H groups in total. The zero-order chi connectivity index (χ0) is 20.8. The van der Waals surface area contributed by atoms with Crippen molar-refractivity contribution in [2.24, 2.45) is 0 Å². The van der Waals surface area contributed by atoms with Gasteiger partial charge in [-0.15, -0.1) is 11.3 Å².